The first-order valence-corrected chi connectivity index (χ1v) is 9.46. The van der Waals surface area contributed by atoms with E-state index in [2.05, 4.69) is 59.2 Å². The van der Waals surface area contributed by atoms with Gasteiger partial charge in [-0.15, -0.1) is 0 Å². The van der Waals surface area contributed by atoms with Crippen LogP contribution in [0.3, 0.4) is 0 Å². The number of aldehydes is 1. The molecule has 0 saturated heterocycles. The van der Waals surface area contributed by atoms with Crippen molar-refractivity contribution in [2.24, 2.45) is 0 Å². The summed E-state index contributed by atoms with van der Waals surface area (Å²) in [6.45, 7) is 0.983. The molecule has 2 rings (SSSR count). The predicted molar refractivity (Wildman–Crippen MR) is 108 cm³/mol. The largest absolute Gasteiger partial charge is 0.465 e. The molecule has 0 aromatic heterocycles. The summed E-state index contributed by atoms with van der Waals surface area (Å²) in [6, 6.07) is 16.8. The molecule has 148 valence electrons. The zero-order valence-electron chi connectivity index (χ0n) is 15.8. The van der Waals surface area contributed by atoms with Gasteiger partial charge in [0.05, 0.1) is 0 Å². The van der Waals surface area contributed by atoms with Gasteiger partial charge in [-0.1, -0.05) is 48.5 Å². The van der Waals surface area contributed by atoms with E-state index in [0.717, 1.165) is 43.2 Å². The molecule has 3 N–H and O–H groups in total. The van der Waals surface area contributed by atoms with Gasteiger partial charge in [-0.05, 0) is 54.4 Å². The van der Waals surface area contributed by atoms with E-state index in [-0.39, 0.29) is 6.29 Å². The third-order valence-corrected chi connectivity index (χ3v) is 4.46. The fraction of sp³-hybridized carbons (Fsp3) is 0.318. The van der Waals surface area contributed by atoms with Crippen molar-refractivity contribution < 1.29 is 19.5 Å². The average molecular weight is 382 g/mol. The van der Waals surface area contributed by atoms with Crippen LogP contribution >= 0.6 is 0 Å². The van der Waals surface area contributed by atoms with Crippen LogP contribution in [0.1, 0.15) is 30.4 Å². The molecule has 6 heteroatoms. The van der Waals surface area contributed by atoms with Gasteiger partial charge in [0.1, 0.15) is 0 Å². The van der Waals surface area contributed by atoms with Gasteiger partial charge < -0.3 is 15.7 Å². The van der Waals surface area contributed by atoms with E-state index in [1.165, 1.54) is 11.1 Å². The van der Waals surface area contributed by atoms with Crippen molar-refractivity contribution in [3.05, 3.63) is 59.7 Å². The molecule has 6 nitrogen and oxygen atoms in total. The van der Waals surface area contributed by atoms with Gasteiger partial charge in [0.15, 0.2) is 0 Å². The lowest BCUT2D eigenvalue weighted by Gasteiger charge is -2.07. The molecule has 0 heterocycles. The second kappa shape index (κ2) is 11.5. The fourth-order valence-corrected chi connectivity index (χ4v) is 2.92. The number of carbonyl (C=O) groups is 3. The summed E-state index contributed by atoms with van der Waals surface area (Å²) in [5.74, 6) is -0.573. The molecule has 0 aliphatic heterocycles. The maximum atomic E-state index is 10.9. The summed E-state index contributed by atoms with van der Waals surface area (Å²) in [5.41, 5.74) is 4.74. The Bertz CT molecular complexity index is 770. The molecule has 0 spiro atoms. The Balaban J connectivity index is 1.77. The molecule has 0 aliphatic rings. The van der Waals surface area contributed by atoms with Crippen LogP contribution in [0, 0.1) is 0 Å². The number of rotatable bonds is 11. The molecule has 0 atom stereocenters. The Morgan fingerprint density at radius 2 is 1.25 bits per heavy atom. The van der Waals surface area contributed by atoms with Gasteiger partial charge >= 0.3 is 6.09 Å². The number of unbranched alkanes of at least 4 members (excludes halogenated alkanes) is 1. The summed E-state index contributed by atoms with van der Waals surface area (Å²) in [5, 5.41) is 13.4. The van der Waals surface area contributed by atoms with Crippen molar-refractivity contribution in [2.45, 2.75) is 32.1 Å². The Kier molecular flexibility index (Phi) is 8.72. The second-order valence-corrected chi connectivity index (χ2v) is 6.60. The summed E-state index contributed by atoms with van der Waals surface area (Å²) < 4.78 is 0. The number of nitrogens with one attached hydrogen (secondary N) is 2. The Morgan fingerprint density at radius 1 is 0.750 bits per heavy atom. The summed E-state index contributed by atoms with van der Waals surface area (Å²) in [4.78, 5) is 31.5. The van der Waals surface area contributed by atoms with Crippen molar-refractivity contribution in [3.8, 4) is 11.1 Å². The highest BCUT2D eigenvalue weighted by molar-refractivity contribution is 6.23. The summed E-state index contributed by atoms with van der Waals surface area (Å²) in [7, 11) is 0. The third kappa shape index (κ3) is 7.61. The van der Waals surface area contributed by atoms with Crippen molar-refractivity contribution in [1.29, 1.82) is 0 Å². The first-order valence-electron chi connectivity index (χ1n) is 9.46. The second-order valence-electron chi connectivity index (χ2n) is 6.60. The topological polar surface area (TPSA) is 95.5 Å². The van der Waals surface area contributed by atoms with Crippen LogP contribution in [0.4, 0.5) is 4.79 Å². The number of amides is 2. The van der Waals surface area contributed by atoms with Gasteiger partial charge in [-0.25, -0.2) is 4.79 Å². The lowest BCUT2D eigenvalue weighted by Crippen LogP contribution is -2.25. The van der Waals surface area contributed by atoms with Gasteiger partial charge in [-0.2, -0.15) is 0 Å². The SMILES string of the molecule is O=CC(=O)NCCCc1ccc(-c2ccc(CCCCNC(=O)O)cc2)cc1. The molecule has 0 saturated carbocycles. The third-order valence-electron chi connectivity index (χ3n) is 4.46. The number of carbonyl (C=O) groups excluding carboxylic acids is 2. The van der Waals surface area contributed by atoms with Crippen LogP contribution in [0.15, 0.2) is 48.5 Å². The van der Waals surface area contributed by atoms with Gasteiger partial charge in [0.25, 0.3) is 5.91 Å². The van der Waals surface area contributed by atoms with E-state index in [0.29, 0.717) is 13.1 Å². The van der Waals surface area contributed by atoms with Crippen LogP contribution in [-0.2, 0) is 22.4 Å². The van der Waals surface area contributed by atoms with E-state index < -0.39 is 12.0 Å². The Morgan fingerprint density at radius 3 is 1.75 bits per heavy atom. The standard InChI is InChI=1S/C22H26N2O4/c25-16-21(26)23-15-3-5-18-8-12-20(13-9-18)19-10-6-17(7-11-19)4-1-2-14-24-22(27)28/h6-13,16,24H,1-5,14-15H2,(H,23,26)(H,27,28). The molecule has 0 aliphatic carbocycles. The molecule has 2 amide bonds. The Labute approximate surface area is 165 Å². The fourth-order valence-electron chi connectivity index (χ4n) is 2.92. The monoisotopic (exact) mass is 382 g/mol. The minimum Gasteiger partial charge on any atom is -0.465 e. The van der Waals surface area contributed by atoms with Gasteiger partial charge in [-0.3, -0.25) is 9.59 Å². The van der Waals surface area contributed by atoms with Crippen molar-refractivity contribution in [2.75, 3.05) is 13.1 Å². The van der Waals surface area contributed by atoms with Crippen LogP contribution in [-0.4, -0.2) is 36.5 Å². The predicted octanol–water partition coefficient (Wildman–Crippen LogP) is 3.19. The highest BCUT2D eigenvalue weighted by atomic mass is 16.4. The van der Waals surface area contributed by atoms with Gasteiger partial charge in [0.2, 0.25) is 6.29 Å². The molecule has 0 unspecified atom stereocenters. The molecule has 28 heavy (non-hydrogen) atoms. The van der Waals surface area contributed by atoms with Crippen molar-refractivity contribution >= 4 is 18.3 Å². The zero-order chi connectivity index (χ0) is 20.2. The number of hydrogen-bond donors (Lipinski definition) is 3. The lowest BCUT2D eigenvalue weighted by atomic mass is 9.99. The minimum atomic E-state index is -0.972. The zero-order valence-corrected chi connectivity index (χ0v) is 15.8. The maximum Gasteiger partial charge on any atom is 0.404 e. The number of aryl methyl sites for hydroxylation is 2. The molecule has 2 aromatic carbocycles. The van der Waals surface area contributed by atoms with Crippen LogP contribution in [0.25, 0.3) is 11.1 Å². The number of benzene rings is 2. The molecule has 0 fully saturated rings. The van der Waals surface area contributed by atoms with Crippen LogP contribution in [0.2, 0.25) is 0 Å². The highest BCUT2D eigenvalue weighted by Crippen LogP contribution is 2.21. The molecule has 0 radical (unpaired) electrons. The number of carboxylic acid groups (broad SMARTS) is 1. The number of hydrogen-bond acceptors (Lipinski definition) is 3. The molecule has 2 aromatic rings. The van der Waals surface area contributed by atoms with Crippen LogP contribution < -0.4 is 10.6 Å². The quantitative estimate of drug-likeness (QED) is 0.316. The normalized spacial score (nSPS) is 10.3. The molecular weight excluding hydrogens is 356 g/mol. The lowest BCUT2D eigenvalue weighted by molar-refractivity contribution is -0.131. The van der Waals surface area contributed by atoms with Crippen molar-refractivity contribution in [3.63, 3.8) is 0 Å². The van der Waals surface area contributed by atoms with E-state index in [1.807, 2.05) is 0 Å². The van der Waals surface area contributed by atoms with E-state index in [9.17, 15) is 14.4 Å². The van der Waals surface area contributed by atoms with Gasteiger partial charge in [0, 0.05) is 13.1 Å². The molecular formula is C22H26N2O4. The first kappa shape index (κ1) is 21.2. The van der Waals surface area contributed by atoms with E-state index in [1.54, 1.807) is 0 Å². The highest BCUT2D eigenvalue weighted by Gasteiger charge is 2.01. The summed E-state index contributed by atoms with van der Waals surface area (Å²) >= 11 is 0. The van der Waals surface area contributed by atoms with Crippen molar-refractivity contribution in [1.82, 2.24) is 10.6 Å². The van der Waals surface area contributed by atoms with Crippen LogP contribution in [0.5, 0.6) is 0 Å². The molecule has 0 bridgehead atoms. The average Bonchev–Trinajstić information content (AvgIpc) is 2.71. The summed E-state index contributed by atoms with van der Waals surface area (Å²) in [6.07, 6.45) is 3.65. The Hall–Kier alpha value is -3.15. The first-order chi connectivity index (χ1) is 13.6. The maximum absolute atomic E-state index is 10.9. The van der Waals surface area contributed by atoms with E-state index >= 15 is 0 Å². The smallest absolute Gasteiger partial charge is 0.404 e. The van der Waals surface area contributed by atoms with E-state index in [4.69, 9.17) is 5.11 Å². The minimum absolute atomic E-state index is 0.288.